The second-order valence-electron chi connectivity index (χ2n) is 10.2. The summed E-state index contributed by atoms with van der Waals surface area (Å²) in [7, 11) is 1.53. The van der Waals surface area contributed by atoms with Gasteiger partial charge in [0.15, 0.2) is 5.54 Å². The Morgan fingerprint density at radius 3 is 2.27 bits per heavy atom. The van der Waals surface area contributed by atoms with Crippen molar-refractivity contribution in [2.75, 3.05) is 36.5 Å². The number of alkyl halides is 2. The topological polar surface area (TPSA) is 96.7 Å². The van der Waals surface area contributed by atoms with Crippen LogP contribution in [0.3, 0.4) is 0 Å². The summed E-state index contributed by atoms with van der Waals surface area (Å²) in [5.74, 6) is -5.00. The summed E-state index contributed by atoms with van der Waals surface area (Å²) < 4.78 is 42.4. The van der Waals surface area contributed by atoms with Gasteiger partial charge in [-0.1, -0.05) is 24.3 Å². The molecule has 0 radical (unpaired) electrons. The normalized spacial score (nSPS) is 16.4. The largest absolute Gasteiger partial charge is 0.366 e. The second kappa shape index (κ2) is 10.3. The summed E-state index contributed by atoms with van der Waals surface area (Å²) in [4.78, 5) is 43.9. The summed E-state index contributed by atoms with van der Waals surface area (Å²) in [6.07, 6.45) is 0. The quantitative estimate of drug-likeness (QED) is 0.494. The van der Waals surface area contributed by atoms with Gasteiger partial charge in [0, 0.05) is 37.3 Å². The Balaban J connectivity index is 1.47. The number of nitrogens with zero attached hydrogens (tertiary/aromatic N) is 4. The zero-order chi connectivity index (χ0) is 29.5. The van der Waals surface area contributed by atoms with E-state index in [0.29, 0.717) is 11.1 Å². The summed E-state index contributed by atoms with van der Waals surface area (Å²) in [5, 5.41) is 11.6. The molecule has 2 heterocycles. The zero-order valence-corrected chi connectivity index (χ0v) is 22.3. The molecule has 5 rings (SSSR count). The van der Waals surface area contributed by atoms with Crippen LogP contribution < -0.4 is 15.1 Å². The van der Waals surface area contributed by atoms with Crippen molar-refractivity contribution in [2.24, 2.45) is 0 Å². The van der Waals surface area contributed by atoms with Crippen molar-refractivity contribution in [1.82, 2.24) is 10.2 Å². The lowest BCUT2D eigenvalue weighted by Crippen LogP contribution is -2.81. The number of hydrogen-bond acceptors (Lipinski definition) is 5. The molecule has 0 aromatic heterocycles. The van der Waals surface area contributed by atoms with Gasteiger partial charge >= 0.3 is 0 Å². The lowest BCUT2D eigenvalue weighted by atomic mass is 9.82. The molecule has 3 aromatic rings. The maximum Gasteiger partial charge on any atom is 0.270 e. The van der Waals surface area contributed by atoms with E-state index in [0.717, 1.165) is 23.6 Å². The molecule has 0 saturated carbocycles. The number of carbonyl (C=O) groups excluding carboxylic acids is 3. The SMILES string of the molecule is CNC(=O)c1ccc(N2CC3(C2)C(=O)N(c2ccc(C#N)cc2F)CC(=O)N3Cc2ccc(C(C)(F)F)cc2)cc1. The van der Waals surface area contributed by atoms with Gasteiger partial charge in [-0.25, -0.2) is 13.2 Å². The molecule has 8 nitrogen and oxygen atoms in total. The average molecular weight is 562 g/mol. The minimum atomic E-state index is -3.02. The predicted octanol–water partition coefficient (Wildman–Crippen LogP) is 3.80. The smallest absolute Gasteiger partial charge is 0.270 e. The molecule has 1 spiro atoms. The van der Waals surface area contributed by atoms with E-state index in [4.69, 9.17) is 5.26 Å². The Hall–Kier alpha value is -4.85. The van der Waals surface area contributed by atoms with Gasteiger partial charge < -0.3 is 15.1 Å². The molecule has 2 saturated heterocycles. The number of carbonyl (C=O) groups is 3. The van der Waals surface area contributed by atoms with Gasteiger partial charge in [0.25, 0.3) is 17.7 Å². The van der Waals surface area contributed by atoms with Crippen molar-refractivity contribution < 1.29 is 27.6 Å². The molecule has 3 aromatic carbocycles. The van der Waals surface area contributed by atoms with E-state index in [2.05, 4.69) is 5.32 Å². The van der Waals surface area contributed by atoms with E-state index in [-0.39, 0.29) is 42.4 Å². The molecular weight excluding hydrogens is 535 g/mol. The molecule has 1 N–H and O–H groups in total. The van der Waals surface area contributed by atoms with Gasteiger partial charge in [-0.15, -0.1) is 0 Å². The Labute approximate surface area is 234 Å². The number of anilines is 2. The number of nitrogens with one attached hydrogen (secondary N) is 1. The molecule has 3 amide bonds. The van der Waals surface area contributed by atoms with E-state index in [1.807, 2.05) is 11.0 Å². The highest BCUT2D eigenvalue weighted by molar-refractivity contribution is 6.11. The van der Waals surface area contributed by atoms with Crippen LogP contribution in [0, 0.1) is 17.1 Å². The van der Waals surface area contributed by atoms with Gasteiger partial charge in [-0.3, -0.25) is 19.3 Å². The van der Waals surface area contributed by atoms with Crippen LogP contribution in [0.1, 0.15) is 34.0 Å². The lowest BCUT2D eigenvalue weighted by molar-refractivity contribution is -0.153. The minimum absolute atomic E-state index is 0.00667. The molecule has 0 unspecified atom stereocenters. The molecule has 210 valence electrons. The number of hydrogen-bond donors (Lipinski definition) is 1. The first kappa shape index (κ1) is 27.7. The number of nitriles is 1. The molecule has 2 aliphatic rings. The van der Waals surface area contributed by atoms with E-state index in [1.54, 1.807) is 24.3 Å². The Morgan fingerprint density at radius 2 is 1.71 bits per heavy atom. The standard InChI is InChI=1S/C30H26F3N5O3/c1-29(32,33)22-8-3-19(4-9-22)15-38-26(39)16-37(25-12-5-20(14-34)13-24(25)31)28(41)30(38)17-36(18-30)23-10-6-21(7-11-23)27(40)35-2/h3-13H,15-18H2,1-2H3,(H,35,40). The molecule has 2 aliphatic heterocycles. The van der Waals surface area contributed by atoms with Crippen LogP contribution in [0.25, 0.3) is 0 Å². The van der Waals surface area contributed by atoms with Crippen LogP contribution in [-0.2, 0) is 22.1 Å². The van der Waals surface area contributed by atoms with Crippen molar-refractivity contribution in [3.05, 3.63) is 94.8 Å². The Bertz CT molecular complexity index is 1560. The first-order valence-corrected chi connectivity index (χ1v) is 12.8. The van der Waals surface area contributed by atoms with Crippen LogP contribution in [0.4, 0.5) is 24.5 Å². The van der Waals surface area contributed by atoms with Gasteiger partial charge in [0.1, 0.15) is 12.4 Å². The van der Waals surface area contributed by atoms with E-state index in [1.165, 1.54) is 48.3 Å². The fraction of sp³-hybridized carbons (Fsp3) is 0.267. The van der Waals surface area contributed by atoms with E-state index in [9.17, 15) is 27.6 Å². The molecule has 2 fully saturated rings. The highest BCUT2D eigenvalue weighted by Crippen LogP contribution is 2.40. The number of amides is 3. The Morgan fingerprint density at radius 1 is 1.05 bits per heavy atom. The molecule has 0 aliphatic carbocycles. The maximum absolute atomic E-state index is 15.0. The summed E-state index contributed by atoms with van der Waals surface area (Å²) in [6, 6.07) is 17.9. The second-order valence-corrected chi connectivity index (χ2v) is 10.2. The number of piperazine rings is 1. The average Bonchev–Trinajstić information content (AvgIpc) is 2.93. The van der Waals surface area contributed by atoms with Crippen LogP contribution >= 0.6 is 0 Å². The predicted molar refractivity (Wildman–Crippen MR) is 145 cm³/mol. The summed E-state index contributed by atoms with van der Waals surface area (Å²) in [6.45, 7) is 0.556. The zero-order valence-electron chi connectivity index (χ0n) is 22.3. The Kier molecular flexibility index (Phi) is 6.95. The van der Waals surface area contributed by atoms with Gasteiger partial charge in [-0.2, -0.15) is 5.26 Å². The number of halogens is 3. The third-order valence-corrected chi connectivity index (χ3v) is 7.55. The first-order valence-electron chi connectivity index (χ1n) is 12.8. The van der Waals surface area contributed by atoms with Crippen LogP contribution in [0.2, 0.25) is 0 Å². The molecular formula is C30H26F3N5O3. The van der Waals surface area contributed by atoms with Crippen LogP contribution in [0.5, 0.6) is 0 Å². The highest BCUT2D eigenvalue weighted by atomic mass is 19.3. The van der Waals surface area contributed by atoms with E-state index >= 15 is 0 Å². The monoisotopic (exact) mass is 561 g/mol. The first-order chi connectivity index (χ1) is 19.5. The van der Waals surface area contributed by atoms with Gasteiger partial charge in [0.2, 0.25) is 5.91 Å². The van der Waals surface area contributed by atoms with Gasteiger partial charge in [0.05, 0.1) is 30.4 Å². The van der Waals surface area contributed by atoms with Crippen molar-refractivity contribution in [2.45, 2.75) is 24.9 Å². The van der Waals surface area contributed by atoms with E-state index < -0.39 is 35.6 Å². The van der Waals surface area contributed by atoms with Crippen LogP contribution in [-0.4, -0.2) is 54.8 Å². The molecule has 0 atom stereocenters. The number of rotatable bonds is 6. The maximum atomic E-state index is 15.0. The fourth-order valence-electron chi connectivity index (χ4n) is 5.25. The van der Waals surface area contributed by atoms with Crippen molar-refractivity contribution >= 4 is 29.1 Å². The highest BCUT2D eigenvalue weighted by Gasteiger charge is 2.60. The molecule has 41 heavy (non-hydrogen) atoms. The third kappa shape index (κ3) is 4.97. The van der Waals surface area contributed by atoms with Crippen LogP contribution in [0.15, 0.2) is 66.7 Å². The summed E-state index contributed by atoms with van der Waals surface area (Å²) >= 11 is 0. The third-order valence-electron chi connectivity index (χ3n) is 7.55. The van der Waals surface area contributed by atoms with Crippen molar-refractivity contribution in [3.8, 4) is 6.07 Å². The molecule has 11 heteroatoms. The fourth-order valence-corrected chi connectivity index (χ4v) is 5.25. The van der Waals surface area contributed by atoms with Gasteiger partial charge in [-0.05, 0) is 48.0 Å². The lowest BCUT2D eigenvalue weighted by Gasteiger charge is -2.58. The number of benzene rings is 3. The van der Waals surface area contributed by atoms with Crippen molar-refractivity contribution in [3.63, 3.8) is 0 Å². The molecule has 0 bridgehead atoms. The summed E-state index contributed by atoms with van der Waals surface area (Å²) in [5.41, 5.74) is 0.182. The minimum Gasteiger partial charge on any atom is -0.366 e. The van der Waals surface area contributed by atoms with Crippen molar-refractivity contribution in [1.29, 1.82) is 5.26 Å².